The van der Waals surface area contributed by atoms with Crippen LogP contribution in [-0.2, 0) is 13.8 Å². The average Bonchev–Trinajstić information content (AvgIpc) is 2.30. The molecule has 0 N–H and O–H groups in total. The van der Waals surface area contributed by atoms with Crippen LogP contribution in [0.2, 0.25) is 0 Å². The number of halogens is 2. The summed E-state index contributed by atoms with van der Waals surface area (Å²) in [5.41, 5.74) is 0.604. The van der Waals surface area contributed by atoms with Crippen molar-refractivity contribution in [2.45, 2.75) is 38.2 Å². The Kier molecular flexibility index (Phi) is 5.41. The van der Waals surface area contributed by atoms with Crippen molar-refractivity contribution in [3.05, 3.63) is 27.7 Å². The van der Waals surface area contributed by atoms with Crippen LogP contribution in [0.15, 0.2) is 21.5 Å². The van der Waals surface area contributed by atoms with E-state index in [0.717, 1.165) is 0 Å². The fourth-order valence-electron chi connectivity index (χ4n) is 1.36. The minimum atomic E-state index is -3.91. The molecule has 0 amide bonds. The molecule has 0 aliphatic heterocycles. The predicted octanol–water partition coefficient (Wildman–Crippen LogP) is 3.64. The van der Waals surface area contributed by atoms with Gasteiger partial charge in [-0.05, 0) is 38.0 Å². The molecule has 1 aromatic rings. The van der Waals surface area contributed by atoms with Crippen molar-refractivity contribution in [3.63, 3.8) is 0 Å². The third-order valence-electron chi connectivity index (χ3n) is 2.68. The first-order valence-electron chi connectivity index (χ1n) is 5.62. The van der Waals surface area contributed by atoms with Gasteiger partial charge in [-0.3, -0.25) is 0 Å². The molecule has 0 aliphatic carbocycles. The van der Waals surface area contributed by atoms with Gasteiger partial charge in [0.15, 0.2) is 0 Å². The summed E-state index contributed by atoms with van der Waals surface area (Å²) in [7, 11) is 1.43. The standard InChI is InChI=1S/C12H14BrClO4S/c1-4-7(2)18-12(15)9-5-10(13)8(3)11(6-9)19(14,16)17/h5-7H,4H2,1-3H3. The molecule has 0 heterocycles. The molecule has 0 saturated carbocycles. The topological polar surface area (TPSA) is 60.4 Å². The number of rotatable bonds is 4. The van der Waals surface area contributed by atoms with Crippen LogP contribution >= 0.6 is 26.6 Å². The monoisotopic (exact) mass is 368 g/mol. The lowest BCUT2D eigenvalue weighted by Gasteiger charge is -2.12. The highest BCUT2D eigenvalue weighted by molar-refractivity contribution is 9.10. The molecular formula is C12H14BrClO4S. The molecule has 19 heavy (non-hydrogen) atoms. The molecular weight excluding hydrogens is 356 g/mol. The number of carbonyl (C=O) groups is 1. The van der Waals surface area contributed by atoms with E-state index in [1.807, 2.05) is 6.92 Å². The van der Waals surface area contributed by atoms with E-state index in [2.05, 4.69) is 15.9 Å². The van der Waals surface area contributed by atoms with E-state index in [9.17, 15) is 13.2 Å². The van der Waals surface area contributed by atoms with Gasteiger partial charge in [0.05, 0.1) is 16.6 Å². The van der Waals surface area contributed by atoms with Crippen LogP contribution in [0.3, 0.4) is 0 Å². The number of hydrogen-bond acceptors (Lipinski definition) is 4. The van der Waals surface area contributed by atoms with Crippen LogP contribution in [0, 0.1) is 6.92 Å². The van der Waals surface area contributed by atoms with Crippen LogP contribution in [0.4, 0.5) is 0 Å². The van der Waals surface area contributed by atoms with Crippen LogP contribution in [-0.4, -0.2) is 20.5 Å². The van der Waals surface area contributed by atoms with Crippen molar-refractivity contribution in [1.82, 2.24) is 0 Å². The maximum atomic E-state index is 11.9. The molecule has 4 nitrogen and oxygen atoms in total. The predicted molar refractivity (Wildman–Crippen MR) is 77.1 cm³/mol. The molecule has 1 unspecified atom stereocenters. The zero-order valence-corrected chi connectivity index (χ0v) is 13.9. The van der Waals surface area contributed by atoms with E-state index in [0.29, 0.717) is 16.5 Å². The van der Waals surface area contributed by atoms with Crippen molar-refractivity contribution in [2.75, 3.05) is 0 Å². The lowest BCUT2D eigenvalue weighted by Crippen LogP contribution is -2.14. The molecule has 7 heteroatoms. The van der Waals surface area contributed by atoms with E-state index in [1.54, 1.807) is 13.8 Å². The Morgan fingerprint density at radius 3 is 2.53 bits per heavy atom. The summed E-state index contributed by atoms with van der Waals surface area (Å²) in [5, 5.41) is 0. The maximum Gasteiger partial charge on any atom is 0.338 e. The van der Waals surface area contributed by atoms with Gasteiger partial charge in [-0.15, -0.1) is 0 Å². The fraction of sp³-hybridized carbons (Fsp3) is 0.417. The summed E-state index contributed by atoms with van der Waals surface area (Å²) in [6, 6.07) is 2.75. The van der Waals surface area contributed by atoms with Gasteiger partial charge in [0.1, 0.15) is 0 Å². The quantitative estimate of drug-likeness (QED) is 0.600. The Morgan fingerprint density at radius 2 is 2.05 bits per heavy atom. The summed E-state index contributed by atoms with van der Waals surface area (Å²) in [6.07, 6.45) is 0.447. The first kappa shape index (κ1) is 16.5. The highest BCUT2D eigenvalue weighted by Crippen LogP contribution is 2.28. The van der Waals surface area contributed by atoms with Crippen LogP contribution in [0.25, 0.3) is 0 Å². The number of ether oxygens (including phenoxy) is 1. The Bertz CT molecular complexity index is 598. The van der Waals surface area contributed by atoms with Gasteiger partial charge in [0, 0.05) is 15.2 Å². The third-order valence-corrected chi connectivity index (χ3v) is 4.95. The molecule has 106 valence electrons. The van der Waals surface area contributed by atoms with E-state index in [-0.39, 0.29) is 16.6 Å². The van der Waals surface area contributed by atoms with Gasteiger partial charge in [0.25, 0.3) is 9.05 Å². The van der Waals surface area contributed by atoms with Crippen molar-refractivity contribution < 1.29 is 17.9 Å². The fourth-order valence-corrected chi connectivity index (χ4v) is 3.17. The smallest absolute Gasteiger partial charge is 0.338 e. The zero-order valence-electron chi connectivity index (χ0n) is 10.7. The van der Waals surface area contributed by atoms with Crippen molar-refractivity contribution in [3.8, 4) is 0 Å². The minimum absolute atomic E-state index is 0.0976. The second-order valence-electron chi connectivity index (χ2n) is 4.14. The zero-order chi connectivity index (χ0) is 14.8. The van der Waals surface area contributed by atoms with Crippen molar-refractivity contribution >= 4 is 41.6 Å². The Labute approximate surface area is 125 Å². The molecule has 0 spiro atoms. The average molecular weight is 370 g/mol. The molecule has 0 bridgehead atoms. The van der Waals surface area contributed by atoms with Crippen LogP contribution in [0.5, 0.6) is 0 Å². The SMILES string of the molecule is CCC(C)OC(=O)c1cc(Br)c(C)c(S(=O)(=O)Cl)c1. The lowest BCUT2D eigenvalue weighted by molar-refractivity contribution is 0.0334. The minimum Gasteiger partial charge on any atom is -0.459 e. The third kappa shape index (κ3) is 4.19. The Hall–Kier alpha value is -0.590. The van der Waals surface area contributed by atoms with E-state index in [1.165, 1.54) is 12.1 Å². The van der Waals surface area contributed by atoms with Crippen LogP contribution < -0.4 is 0 Å². The summed E-state index contributed by atoms with van der Waals surface area (Å²) in [6.45, 7) is 5.25. The van der Waals surface area contributed by atoms with Crippen molar-refractivity contribution in [2.24, 2.45) is 0 Å². The van der Waals surface area contributed by atoms with Gasteiger partial charge >= 0.3 is 5.97 Å². The van der Waals surface area contributed by atoms with Gasteiger partial charge in [0.2, 0.25) is 0 Å². The lowest BCUT2D eigenvalue weighted by atomic mass is 10.1. The molecule has 0 saturated heterocycles. The van der Waals surface area contributed by atoms with Crippen molar-refractivity contribution in [1.29, 1.82) is 0 Å². The molecule has 0 fully saturated rings. The maximum absolute atomic E-state index is 11.9. The van der Waals surface area contributed by atoms with E-state index >= 15 is 0 Å². The molecule has 0 aromatic heterocycles. The highest BCUT2D eigenvalue weighted by Gasteiger charge is 2.20. The summed E-state index contributed by atoms with van der Waals surface area (Å²) in [4.78, 5) is 11.8. The van der Waals surface area contributed by atoms with Gasteiger partial charge in [-0.1, -0.05) is 22.9 Å². The molecule has 1 atom stereocenters. The first-order valence-corrected chi connectivity index (χ1v) is 8.72. The molecule has 1 rings (SSSR count). The number of benzene rings is 1. The van der Waals surface area contributed by atoms with E-state index < -0.39 is 15.0 Å². The molecule has 1 aromatic carbocycles. The van der Waals surface area contributed by atoms with Gasteiger partial charge in [-0.25, -0.2) is 13.2 Å². The first-order chi connectivity index (χ1) is 8.66. The Balaban J connectivity index is 3.25. The normalized spacial score (nSPS) is 13.1. The second kappa shape index (κ2) is 6.24. The van der Waals surface area contributed by atoms with Crippen LogP contribution in [0.1, 0.15) is 36.2 Å². The van der Waals surface area contributed by atoms with E-state index in [4.69, 9.17) is 15.4 Å². The summed E-state index contributed by atoms with van der Waals surface area (Å²) < 4.78 is 28.5. The second-order valence-corrected chi connectivity index (χ2v) is 7.53. The molecule has 0 radical (unpaired) electrons. The number of esters is 1. The number of carbonyl (C=O) groups excluding carboxylic acids is 1. The van der Waals surface area contributed by atoms with Gasteiger partial charge in [-0.2, -0.15) is 0 Å². The summed E-state index contributed by atoms with van der Waals surface area (Å²) >= 11 is 3.21. The van der Waals surface area contributed by atoms with Gasteiger partial charge < -0.3 is 4.74 Å². The largest absolute Gasteiger partial charge is 0.459 e. The Morgan fingerprint density at radius 1 is 1.47 bits per heavy atom. The number of hydrogen-bond donors (Lipinski definition) is 0. The summed E-state index contributed by atoms with van der Waals surface area (Å²) in [5.74, 6) is -0.573. The molecule has 0 aliphatic rings. The highest BCUT2D eigenvalue weighted by atomic mass is 79.9.